The van der Waals surface area contributed by atoms with E-state index in [2.05, 4.69) is 15.4 Å². The fourth-order valence-corrected chi connectivity index (χ4v) is 5.77. The van der Waals surface area contributed by atoms with Crippen molar-refractivity contribution in [1.29, 1.82) is 0 Å². The smallest absolute Gasteiger partial charge is 0.242 e. The lowest BCUT2D eigenvalue weighted by atomic mass is 10.1. The molecule has 1 unspecified atom stereocenters. The van der Waals surface area contributed by atoms with E-state index in [4.69, 9.17) is 20.1 Å². The summed E-state index contributed by atoms with van der Waals surface area (Å²) in [5.74, 6) is 1.03. The van der Waals surface area contributed by atoms with Crippen LogP contribution in [0.3, 0.4) is 0 Å². The molecule has 0 spiro atoms. The molecular weight excluding hydrogens is 670 g/mol. The molecule has 12 heteroatoms. The Morgan fingerprint density at radius 1 is 0.943 bits per heavy atom. The lowest BCUT2D eigenvalue weighted by Crippen LogP contribution is -2.62. The number of piperazine rings is 1. The Morgan fingerprint density at radius 2 is 1.66 bits per heavy atom. The molecule has 0 saturated carbocycles. The molecule has 2 aromatic heterocycles. The van der Waals surface area contributed by atoms with Gasteiger partial charge in [0.15, 0.2) is 5.76 Å². The first-order valence-corrected chi connectivity index (χ1v) is 17.0. The average Bonchev–Trinajstić information content (AvgIpc) is 3.67. The van der Waals surface area contributed by atoms with Crippen LogP contribution < -0.4 is 11.2 Å². The van der Waals surface area contributed by atoms with Gasteiger partial charge in [-0.2, -0.15) is 0 Å². The Kier molecular flexibility index (Phi) is 13.5. The maximum atomic E-state index is 13.6. The molecule has 272 valence electrons. The Labute approximate surface area is 308 Å². The van der Waals surface area contributed by atoms with Gasteiger partial charge in [0.25, 0.3) is 0 Å². The van der Waals surface area contributed by atoms with Gasteiger partial charge in [0.1, 0.15) is 19.1 Å². The zero-order chi connectivity index (χ0) is 37.6. The van der Waals surface area contributed by atoms with Crippen molar-refractivity contribution in [2.75, 3.05) is 19.6 Å². The molecule has 6 aromatic rings. The molecule has 12 nitrogen and oxygen atoms in total. The summed E-state index contributed by atoms with van der Waals surface area (Å²) in [4.78, 5) is 46.8. The van der Waals surface area contributed by atoms with Crippen molar-refractivity contribution >= 4 is 29.5 Å². The van der Waals surface area contributed by atoms with Crippen molar-refractivity contribution in [1.82, 2.24) is 30.2 Å². The summed E-state index contributed by atoms with van der Waals surface area (Å²) in [5, 5.41) is 11.5. The Bertz CT molecular complexity index is 2030. The Balaban J connectivity index is 0.000000475. The number of nitrogens with two attached hydrogens (primary N) is 1. The maximum absolute atomic E-state index is 13.6. The number of benzene rings is 4. The number of rotatable bonds is 10. The van der Waals surface area contributed by atoms with Crippen LogP contribution in [0.25, 0.3) is 22.2 Å². The number of oxazole rings is 1. The van der Waals surface area contributed by atoms with Crippen LogP contribution in [0.1, 0.15) is 22.6 Å². The summed E-state index contributed by atoms with van der Waals surface area (Å²) < 4.78 is 6.01. The number of fused-ring (bicyclic) bond motifs is 1. The molecule has 4 aromatic carbocycles. The van der Waals surface area contributed by atoms with Gasteiger partial charge in [-0.3, -0.25) is 14.6 Å². The van der Waals surface area contributed by atoms with E-state index in [1.54, 1.807) is 34.4 Å². The van der Waals surface area contributed by atoms with Gasteiger partial charge in [-0.05, 0) is 42.3 Å². The minimum absolute atomic E-state index is 0.0220. The van der Waals surface area contributed by atoms with Crippen molar-refractivity contribution < 1.29 is 23.9 Å². The summed E-state index contributed by atoms with van der Waals surface area (Å²) in [6, 6.07) is 36.5. The molecule has 2 amide bonds. The summed E-state index contributed by atoms with van der Waals surface area (Å²) in [5.41, 5.74) is 14.8. The second kappa shape index (κ2) is 18.9. The monoisotopic (exact) mass is 713 g/mol. The fraction of sp³-hybridized carbons (Fsp3) is 0.195. The third-order valence-electron chi connectivity index (χ3n) is 8.53. The number of amides is 2. The molecule has 1 fully saturated rings. The van der Waals surface area contributed by atoms with Gasteiger partial charge in [0.05, 0.1) is 37.5 Å². The van der Waals surface area contributed by atoms with Gasteiger partial charge in [-0.15, -0.1) is 0 Å². The Morgan fingerprint density at radius 3 is 2.38 bits per heavy atom. The van der Waals surface area contributed by atoms with E-state index in [1.807, 2.05) is 117 Å². The van der Waals surface area contributed by atoms with Gasteiger partial charge >= 0.3 is 0 Å². The first-order valence-electron chi connectivity index (χ1n) is 17.0. The summed E-state index contributed by atoms with van der Waals surface area (Å²) >= 11 is 0. The van der Waals surface area contributed by atoms with Crippen LogP contribution in [-0.4, -0.2) is 74.3 Å². The molecule has 1 atom stereocenters. The SMILES string of the molecule is C=O.Cc1ccc(O)cc1.NC1CN(Cc2cccc3ncccc23)C(=O)CN1C(=O)CN(Cc1ncc(-c2ccccc2)o1)NCc1ccccc1. The number of nitrogens with zero attached hydrogens (tertiary/aromatic N) is 5. The van der Waals surface area contributed by atoms with E-state index in [0.717, 1.165) is 27.6 Å². The molecule has 1 saturated heterocycles. The van der Waals surface area contributed by atoms with E-state index >= 15 is 0 Å². The quantitative estimate of drug-likeness (QED) is 0.164. The highest BCUT2D eigenvalue weighted by atomic mass is 16.4. The van der Waals surface area contributed by atoms with Gasteiger partial charge in [-0.1, -0.05) is 96.6 Å². The molecule has 1 aliphatic heterocycles. The second-order valence-electron chi connectivity index (χ2n) is 12.3. The van der Waals surface area contributed by atoms with Crippen LogP contribution in [0.5, 0.6) is 5.75 Å². The predicted octanol–water partition coefficient (Wildman–Crippen LogP) is 5.07. The summed E-state index contributed by atoms with van der Waals surface area (Å²) in [6.45, 7) is 5.25. The highest BCUT2D eigenvalue weighted by Gasteiger charge is 2.34. The minimum atomic E-state index is -0.638. The highest BCUT2D eigenvalue weighted by Crippen LogP contribution is 2.22. The van der Waals surface area contributed by atoms with Crippen molar-refractivity contribution in [3.63, 3.8) is 0 Å². The van der Waals surface area contributed by atoms with Crippen molar-refractivity contribution in [3.05, 3.63) is 150 Å². The van der Waals surface area contributed by atoms with Gasteiger partial charge in [0, 0.05) is 30.2 Å². The van der Waals surface area contributed by atoms with E-state index in [0.29, 0.717) is 30.5 Å². The zero-order valence-electron chi connectivity index (χ0n) is 29.5. The number of nitrogens with one attached hydrogen (secondary N) is 1. The summed E-state index contributed by atoms with van der Waals surface area (Å²) in [6.07, 6.45) is 2.79. The van der Waals surface area contributed by atoms with Crippen LogP contribution in [0, 0.1) is 6.92 Å². The number of aromatic hydroxyl groups is 1. The van der Waals surface area contributed by atoms with E-state index in [-0.39, 0.29) is 38.0 Å². The van der Waals surface area contributed by atoms with Crippen LogP contribution in [0.2, 0.25) is 0 Å². The lowest BCUT2D eigenvalue weighted by molar-refractivity contribution is -0.150. The zero-order valence-corrected chi connectivity index (χ0v) is 29.5. The minimum Gasteiger partial charge on any atom is -0.508 e. The second-order valence-corrected chi connectivity index (χ2v) is 12.3. The van der Waals surface area contributed by atoms with Crippen LogP contribution in [-0.2, 0) is 34.0 Å². The molecule has 3 heterocycles. The highest BCUT2D eigenvalue weighted by molar-refractivity contribution is 5.88. The van der Waals surface area contributed by atoms with Crippen molar-refractivity contribution in [3.8, 4) is 17.1 Å². The maximum Gasteiger partial charge on any atom is 0.242 e. The van der Waals surface area contributed by atoms with Crippen molar-refractivity contribution in [2.24, 2.45) is 5.73 Å². The fourth-order valence-electron chi connectivity index (χ4n) is 5.77. The first kappa shape index (κ1) is 38.0. The first-order chi connectivity index (χ1) is 25.8. The van der Waals surface area contributed by atoms with Gasteiger partial charge < -0.3 is 29.9 Å². The van der Waals surface area contributed by atoms with Gasteiger partial charge in [0.2, 0.25) is 17.7 Å². The molecule has 0 radical (unpaired) electrons. The molecule has 0 aliphatic carbocycles. The molecule has 0 bridgehead atoms. The lowest BCUT2D eigenvalue weighted by Gasteiger charge is -2.40. The molecule has 7 rings (SSSR count). The number of phenolic OH excluding ortho intramolecular Hbond substituents is 1. The van der Waals surface area contributed by atoms with E-state index in [9.17, 15) is 9.59 Å². The third-order valence-corrected chi connectivity index (χ3v) is 8.53. The van der Waals surface area contributed by atoms with Crippen LogP contribution >= 0.6 is 0 Å². The normalized spacial score (nSPS) is 13.9. The number of hydrogen-bond acceptors (Lipinski definition) is 10. The largest absolute Gasteiger partial charge is 0.508 e. The van der Waals surface area contributed by atoms with E-state index in [1.165, 1.54) is 10.5 Å². The average molecular weight is 714 g/mol. The van der Waals surface area contributed by atoms with Crippen molar-refractivity contribution in [2.45, 2.75) is 32.7 Å². The Hall–Kier alpha value is -6.21. The molecule has 4 N–H and O–H groups in total. The number of aryl methyl sites for hydroxylation is 1. The van der Waals surface area contributed by atoms with E-state index < -0.39 is 6.17 Å². The number of aromatic nitrogens is 2. The molecule has 53 heavy (non-hydrogen) atoms. The standard InChI is InChI=1S/C33H33N7O3.C7H8O.CH2O/c34-30-20-38(19-26-13-7-15-28-27(26)14-8-16-35-28)32(41)23-40(30)33(42)22-39(37-17-24-9-3-1-4-10-24)21-31-36-18-29(43-31)25-11-5-2-6-12-25;1-6-2-4-7(8)5-3-6;1-2/h1-16,18,30,37H,17,19-23,34H2;2-5,8H,1H3;1H2. The predicted molar refractivity (Wildman–Crippen MR) is 202 cm³/mol. The molecular formula is C41H43N7O5. The summed E-state index contributed by atoms with van der Waals surface area (Å²) in [7, 11) is 0. The number of pyridine rings is 1. The molecule has 1 aliphatic rings. The van der Waals surface area contributed by atoms with Gasteiger partial charge in [-0.25, -0.2) is 15.4 Å². The number of phenols is 1. The number of carbonyl (C=O) groups is 3. The third kappa shape index (κ3) is 10.7. The number of hydrazine groups is 1. The topological polar surface area (TPSA) is 158 Å². The van der Waals surface area contributed by atoms with Crippen LogP contribution in [0.15, 0.2) is 132 Å². The number of hydrogen-bond donors (Lipinski definition) is 3. The number of carbonyl (C=O) groups excluding carboxylic acids is 3. The van der Waals surface area contributed by atoms with Crippen LogP contribution in [0.4, 0.5) is 0 Å².